The molecule has 1 unspecified atom stereocenters. The molecule has 1 aromatic heterocycles. The van der Waals surface area contributed by atoms with Gasteiger partial charge in [0.2, 0.25) is 0 Å². The molecule has 1 aromatic rings. The first-order chi connectivity index (χ1) is 9.76. The molecule has 20 heavy (non-hydrogen) atoms. The summed E-state index contributed by atoms with van der Waals surface area (Å²) in [5, 5.41) is 0. The van der Waals surface area contributed by atoms with Crippen LogP contribution in [0.25, 0.3) is 6.08 Å². The van der Waals surface area contributed by atoms with E-state index >= 15 is 0 Å². The Morgan fingerprint density at radius 3 is 3.15 bits per heavy atom. The van der Waals surface area contributed by atoms with Crippen molar-refractivity contribution < 1.29 is 19.0 Å². The summed E-state index contributed by atoms with van der Waals surface area (Å²) in [6.07, 6.45) is 5.22. The monoisotopic (exact) mass is 277 g/mol. The third-order valence-electron chi connectivity index (χ3n) is 3.06. The molecule has 0 saturated carbocycles. The average Bonchev–Trinajstić information content (AvgIpc) is 2.98. The van der Waals surface area contributed by atoms with Crippen LogP contribution in [0, 0.1) is 0 Å². The molecule has 2 heterocycles. The van der Waals surface area contributed by atoms with Crippen molar-refractivity contribution >= 4 is 12.0 Å². The summed E-state index contributed by atoms with van der Waals surface area (Å²) in [6, 6.07) is 1.66. The Bertz CT molecular complexity index is 481. The quantitative estimate of drug-likeness (QED) is 0.748. The number of esters is 1. The van der Waals surface area contributed by atoms with Crippen LogP contribution < -0.4 is 4.74 Å². The molecule has 1 atom stereocenters. The first-order valence-corrected chi connectivity index (χ1v) is 6.79. The maximum atomic E-state index is 12.0. The highest BCUT2D eigenvalue weighted by Gasteiger charge is 2.21. The number of aromatic nitrogens is 1. The summed E-state index contributed by atoms with van der Waals surface area (Å²) < 4.78 is 16.3. The van der Waals surface area contributed by atoms with Crippen LogP contribution in [0.5, 0.6) is 5.75 Å². The van der Waals surface area contributed by atoms with Gasteiger partial charge in [0.05, 0.1) is 18.4 Å². The Kier molecular flexibility index (Phi) is 5.12. The standard InChI is InChI=1S/C15H19NO4/c1-3-12-14(15(17)18-4-2)13(7-8-16-12)20-10-11-6-5-9-19-11/h3,7-8,11H,1,4-6,9-10H2,2H3. The van der Waals surface area contributed by atoms with E-state index < -0.39 is 5.97 Å². The zero-order valence-corrected chi connectivity index (χ0v) is 11.6. The minimum Gasteiger partial charge on any atom is -0.490 e. The van der Waals surface area contributed by atoms with Gasteiger partial charge in [0.1, 0.15) is 17.9 Å². The number of hydrogen-bond acceptors (Lipinski definition) is 5. The lowest BCUT2D eigenvalue weighted by atomic mass is 10.1. The van der Waals surface area contributed by atoms with Crippen molar-refractivity contribution in [2.45, 2.75) is 25.9 Å². The summed E-state index contributed by atoms with van der Waals surface area (Å²) >= 11 is 0. The van der Waals surface area contributed by atoms with Gasteiger partial charge in [0, 0.05) is 12.8 Å². The van der Waals surface area contributed by atoms with Gasteiger partial charge < -0.3 is 14.2 Å². The third-order valence-corrected chi connectivity index (χ3v) is 3.06. The number of pyridine rings is 1. The Morgan fingerprint density at radius 1 is 1.65 bits per heavy atom. The maximum absolute atomic E-state index is 12.0. The Balaban J connectivity index is 2.17. The topological polar surface area (TPSA) is 57.7 Å². The van der Waals surface area contributed by atoms with Crippen molar-refractivity contribution in [3.63, 3.8) is 0 Å². The van der Waals surface area contributed by atoms with E-state index in [9.17, 15) is 4.79 Å². The molecule has 5 nitrogen and oxygen atoms in total. The molecule has 0 aliphatic carbocycles. The summed E-state index contributed by atoms with van der Waals surface area (Å²) in [7, 11) is 0. The molecule has 1 fully saturated rings. The zero-order valence-electron chi connectivity index (χ0n) is 11.6. The first-order valence-electron chi connectivity index (χ1n) is 6.79. The second-order valence-corrected chi connectivity index (χ2v) is 4.44. The van der Waals surface area contributed by atoms with E-state index in [0.717, 1.165) is 19.4 Å². The molecule has 108 valence electrons. The smallest absolute Gasteiger partial charge is 0.344 e. The van der Waals surface area contributed by atoms with Crippen molar-refractivity contribution in [3.05, 3.63) is 30.1 Å². The second-order valence-electron chi connectivity index (χ2n) is 4.44. The molecule has 0 aromatic carbocycles. The van der Waals surface area contributed by atoms with Crippen LogP contribution in [0.1, 0.15) is 35.8 Å². The summed E-state index contributed by atoms with van der Waals surface area (Å²) in [5.41, 5.74) is 0.788. The van der Waals surface area contributed by atoms with E-state index in [0.29, 0.717) is 30.2 Å². The predicted molar refractivity (Wildman–Crippen MR) is 74.8 cm³/mol. The lowest BCUT2D eigenvalue weighted by molar-refractivity contribution is 0.0503. The van der Waals surface area contributed by atoms with Crippen LogP contribution >= 0.6 is 0 Å². The van der Waals surface area contributed by atoms with Crippen molar-refractivity contribution in [3.8, 4) is 5.75 Å². The van der Waals surface area contributed by atoms with E-state index in [4.69, 9.17) is 14.2 Å². The van der Waals surface area contributed by atoms with Crippen molar-refractivity contribution in [2.75, 3.05) is 19.8 Å². The number of carbonyl (C=O) groups excluding carboxylic acids is 1. The van der Waals surface area contributed by atoms with Crippen LogP contribution in [-0.4, -0.2) is 36.9 Å². The highest BCUT2D eigenvalue weighted by Crippen LogP contribution is 2.24. The number of nitrogens with zero attached hydrogens (tertiary/aromatic N) is 1. The van der Waals surface area contributed by atoms with Gasteiger partial charge in [-0.05, 0) is 31.9 Å². The molecule has 1 aliphatic heterocycles. The van der Waals surface area contributed by atoms with E-state index in [1.807, 2.05) is 0 Å². The normalized spacial score (nSPS) is 17.8. The van der Waals surface area contributed by atoms with Crippen LogP contribution in [0.4, 0.5) is 0 Å². The minimum atomic E-state index is -0.446. The molecule has 5 heteroatoms. The van der Waals surface area contributed by atoms with Gasteiger partial charge in [-0.1, -0.05) is 6.58 Å². The fraction of sp³-hybridized carbons (Fsp3) is 0.467. The predicted octanol–water partition coefficient (Wildman–Crippen LogP) is 2.46. The number of carbonyl (C=O) groups is 1. The van der Waals surface area contributed by atoms with Crippen LogP contribution in [0.3, 0.4) is 0 Å². The first kappa shape index (κ1) is 14.5. The van der Waals surface area contributed by atoms with Gasteiger partial charge in [0.15, 0.2) is 0 Å². The fourth-order valence-corrected chi connectivity index (χ4v) is 2.10. The van der Waals surface area contributed by atoms with Gasteiger partial charge in [0.25, 0.3) is 0 Å². The zero-order chi connectivity index (χ0) is 14.4. The Hall–Kier alpha value is -1.88. The van der Waals surface area contributed by atoms with Crippen LogP contribution in [-0.2, 0) is 9.47 Å². The van der Waals surface area contributed by atoms with Crippen LogP contribution in [0.15, 0.2) is 18.8 Å². The molecule has 1 saturated heterocycles. The minimum absolute atomic E-state index is 0.0883. The van der Waals surface area contributed by atoms with Crippen LogP contribution in [0.2, 0.25) is 0 Å². The summed E-state index contributed by atoms with van der Waals surface area (Å²) in [4.78, 5) is 16.1. The van der Waals surface area contributed by atoms with Crippen molar-refractivity contribution in [2.24, 2.45) is 0 Å². The fourth-order valence-electron chi connectivity index (χ4n) is 2.10. The second kappa shape index (κ2) is 7.05. The molecule has 0 amide bonds. The summed E-state index contributed by atoms with van der Waals surface area (Å²) in [5.74, 6) is 0.0155. The molecular weight excluding hydrogens is 258 g/mol. The number of ether oxygens (including phenoxy) is 3. The Labute approximate surface area is 118 Å². The highest BCUT2D eigenvalue weighted by atomic mass is 16.5. The molecule has 0 spiro atoms. The van der Waals surface area contributed by atoms with E-state index in [1.165, 1.54) is 6.08 Å². The number of rotatable bonds is 6. The van der Waals surface area contributed by atoms with E-state index in [-0.39, 0.29) is 6.10 Å². The molecule has 0 N–H and O–H groups in total. The van der Waals surface area contributed by atoms with E-state index in [1.54, 1.807) is 19.2 Å². The van der Waals surface area contributed by atoms with Gasteiger partial charge in [-0.25, -0.2) is 4.79 Å². The highest BCUT2D eigenvalue weighted by molar-refractivity contribution is 5.95. The third kappa shape index (κ3) is 3.36. The molecule has 2 rings (SSSR count). The number of hydrogen-bond donors (Lipinski definition) is 0. The maximum Gasteiger partial charge on any atom is 0.344 e. The molecule has 0 radical (unpaired) electrons. The lowest BCUT2D eigenvalue weighted by Gasteiger charge is -2.15. The average molecular weight is 277 g/mol. The molecule has 0 bridgehead atoms. The van der Waals surface area contributed by atoms with Gasteiger partial charge in [-0.3, -0.25) is 4.98 Å². The SMILES string of the molecule is C=Cc1nccc(OCC2CCCO2)c1C(=O)OCC. The van der Waals surface area contributed by atoms with Gasteiger partial charge in [-0.15, -0.1) is 0 Å². The van der Waals surface area contributed by atoms with Crippen molar-refractivity contribution in [1.82, 2.24) is 4.98 Å². The van der Waals surface area contributed by atoms with Gasteiger partial charge in [-0.2, -0.15) is 0 Å². The van der Waals surface area contributed by atoms with Crippen molar-refractivity contribution in [1.29, 1.82) is 0 Å². The lowest BCUT2D eigenvalue weighted by Crippen LogP contribution is -2.18. The molecule has 1 aliphatic rings. The largest absolute Gasteiger partial charge is 0.490 e. The molecular formula is C15H19NO4. The van der Waals surface area contributed by atoms with E-state index in [2.05, 4.69) is 11.6 Å². The summed E-state index contributed by atoms with van der Waals surface area (Å²) in [6.45, 7) is 6.92. The Morgan fingerprint density at radius 2 is 2.50 bits per heavy atom. The van der Waals surface area contributed by atoms with Gasteiger partial charge >= 0.3 is 5.97 Å².